The number of phenolic OH excluding ortho intramolecular Hbond substituents is 1. The number of amides is 1. The van der Waals surface area contributed by atoms with E-state index in [4.69, 9.17) is 11.6 Å². The number of nitrogens with one attached hydrogen (secondary N) is 1. The van der Waals surface area contributed by atoms with Crippen LogP contribution in [-0.4, -0.2) is 50.6 Å². The first-order chi connectivity index (χ1) is 11.8. The van der Waals surface area contributed by atoms with E-state index in [0.717, 1.165) is 36.8 Å². The van der Waals surface area contributed by atoms with Gasteiger partial charge in [-0.05, 0) is 42.9 Å². The fourth-order valence-corrected chi connectivity index (χ4v) is 3.96. The number of carbonyl (C=O) groups is 1. The first-order valence-electron chi connectivity index (χ1n) is 7.92. The number of benzene rings is 1. The van der Waals surface area contributed by atoms with Gasteiger partial charge in [0.1, 0.15) is 22.9 Å². The van der Waals surface area contributed by atoms with Crippen LogP contribution in [0.2, 0.25) is 0 Å². The van der Waals surface area contributed by atoms with Gasteiger partial charge in [-0.15, -0.1) is 16.0 Å². The predicted molar refractivity (Wildman–Crippen MR) is 96.7 cm³/mol. The first kappa shape index (κ1) is 19.5. The minimum absolute atomic E-state index is 0.0282. The summed E-state index contributed by atoms with van der Waals surface area (Å²) in [5.41, 5.74) is 2.20. The lowest BCUT2D eigenvalue weighted by molar-refractivity contribution is -0.118. The van der Waals surface area contributed by atoms with Crippen LogP contribution in [0.15, 0.2) is 15.4 Å². The maximum Gasteiger partial charge on any atom is 0.287 e. The normalized spacial score (nSPS) is 14.4. The van der Waals surface area contributed by atoms with E-state index < -0.39 is 10.0 Å². The van der Waals surface area contributed by atoms with E-state index in [1.165, 1.54) is 17.3 Å². The van der Waals surface area contributed by atoms with Gasteiger partial charge in [-0.25, -0.2) is 0 Å². The Labute approximate surface area is 152 Å². The van der Waals surface area contributed by atoms with Crippen molar-refractivity contribution in [2.75, 3.05) is 20.0 Å². The molecule has 138 valence electrons. The predicted octanol–water partition coefficient (Wildman–Crippen LogP) is 1.40. The molecule has 2 rings (SSSR count). The second-order valence-electron chi connectivity index (χ2n) is 6.12. The molecule has 1 aliphatic rings. The van der Waals surface area contributed by atoms with E-state index in [2.05, 4.69) is 9.71 Å². The van der Waals surface area contributed by atoms with Gasteiger partial charge in [0, 0.05) is 26.2 Å². The van der Waals surface area contributed by atoms with E-state index in [1.807, 2.05) is 0 Å². The molecule has 0 saturated heterocycles. The fraction of sp³-hybridized carbons (Fsp3) is 0.500. The molecule has 0 fully saturated rings. The van der Waals surface area contributed by atoms with Crippen molar-refractivity contribution in [3.05, 3.63) is 22.8 Å². The number of aryl methyl sites for hydroxylation is 1. The highest BCUT2D eigenvalue weighted by molar-refractivity contribution is 7.90. The van der Waals surface area contributed by atoms with Crippen LogP contribution in [0, 0.1) is 0 Å². The molecular formula is C16H22ClN3O4S. The van der Waals surface area contributed by atoms with E-state index in [-0.39, 0.29) is 29.0 Å². The summed E-state index contributed by atoms with van der Waals surface area (Å²) in [5, 5.41) is 13.2. The SMILES string of the molecule is CN(C)C=NS(=O)(=O)c1cc2c(c(CNC(=O)CCl)c1O)CCCC2. The molecule has 2 N–H and O–H groups in total. The van der Waals surface area contributed by atoms with Crippen molar-refractivity contribution < 1.29 is 18.3 Å². The van der Waals surface area contributed by atoms with Crippen molar-refractivity contribution in [3.8, 4) is 5.75 Å². The lowest BCUT2D eigenvalue weighted by atomic mass is 9.87. The van der Waals surface area contributed by atoms with E-state index in [9.17, 15) is 18.3 Å². The van der Waals surface area contributed by atoms with Crippen LogP contribution in [0.5, 0.6) is 5.75 Å². The van der Waals surface area contributed by atoms with Crippen LogP contribution in [0.4, 0.5) is 0 Å². The summed E-state index contributed by atoms with van der Waals surface area (Å²) in [6.45, 7) is 0.0282. The number of aromatic hydroxyl groups is 1. The number of nitrogens with zero attached hydrogens (tertiary/aromatic N) is 2. The van der Waals surface area contributed by atoms with Crippen LogP contribution in [0.3, 0.4) is 0 Å². The van der Waals surface area contributed by atoms with Crippen LogP contribution in [0.1, 0.15) is 29.5 Å². The molecule has 0 aliphatic heterocycles. The third-order valence-corrected chi connectivity index (χ3v) is 5.46. The minimum atomic E-state index is -4.05. The zero-order valence-corrected chi connectivity index (χ0v) is 15.8. The van der Waals surface area contributed by atoms with Gasteiger partial charge in [0.05, 0.1) is 0 Å². The summed E-state index contributed by atoms with van der Waals surface area (Å²) in [7, 11) is -0.744. The topological polar surface area (TPSA) is 99.1 Å². The van der Waals surface area contributed by atoms with E-state index in [1.54, 1.807) is 14.1 Å². The molecule has 0 radical (unpaired) electrons. The Morgan fingerprint density at radius 1 is 1.40 bits per heavy atom. The molecule has 9 heteroatoms. The van der Waals surface area contributed by atoms with Gasteiger partial charge in [-0.3, -0.25) is 4.79 Å². The second-order valence-corrected chi connectivity index (χ2v) is 7.98. The standard InChI is InChI=1S/C16H22ClN3O4S/c1-20(2)10-19-25(23,24)14-7-11-5-3-4-6-12(11)13(16(14)22)9-18-15(21)8-17/h7,10,22H,3-6,8-9H2,1-2H3,(H,18,21). The molecule has 1 aliphatic carbocycles. The van der Waals surface area contributed by atoms with Crippen molar-refractivity contribution in [3.63, 3.8) is 0 Å². The molecule has 0 aromatic heterocycles. The Morgan fingerprint density at radius 3 is 2.72 bits per heavy atom. The van der Waals surface area contributed by atoms with Gasteiger partial charge in [-0.2, -0.15) is 8.42 Å². The largest absolute Gasteiger partial charge is 0.506 e. The fourth-order valence-electron chi connectivity index (χ4n) is 2.79. The Bertz CT molecular complexity index is 791. The maximum atomic E-state index is 12.5. The lowest BCUT2D eigenvalue weighted by Crippen LogP contribution is -2.25. The average Bonchev–Trinajstić information content (AvgIpc) is 2.58. The van der Waals surface area contributed by atoms with Gasteiger partial charge in [0.2, 0.25) is 5.91 Å². The molecule has 1 amide bonds. The highest BCUT2D eigenvalue weighted by Gasteiger charge is 2.26. The zero-order chi connectivity index (χ0) is 18.6. The van der Waals surface area contributed by atoms with Crippen molar-refractivity contribution in [1.29, 1.82) is 0 Å². The number of hydrogen-bond acceptors (Lipinski definition) is 4. The molecule has 0 atom stereocenters. The number of phenols is 1. The number of rotatable bonds is 6. The van der Waals surface area contributed by atoms with Gasteiger partial charge in [0.25, 0.3) is 10.0 Å². The van der Waals surface area contributed by atoms with Crippen molar-refractivity contribution >= 4 is 33.9 Å². The van der Waals surface area contributed by atoms with Gasteiger partial charge in [-0.1, -0.05) is 0 Å². The summed E-state index contributed by atoms with van der Waals surface area (Å²) in [6, 6.07) is 1.50. The molecule has 0 bridgehead atoms. The molecule has 0 heterocycles. The summed E-state index contributed by atoms with van der Waals surface area (Å²) in [6.07, 6.45) is 4.53. The highest BCUT2D eigenvalue weighted by Crippen LogP contribution is 2.36. The third kappa shape index (κ3) is 4.64. The highest BCUT2D eigenvalue weighted by atomic mass is 35.5. The van der Waals surface area contributed by atoms with Gasteiger partial charge in [0.15, 0.2) is 0 Å². The number of carbonyl (C=O) groups excluding carboxylic acids is 1. The van der Waals surface area contributed by atoms with E-state index in [0.29, 0.717) is 5.56 Å². The number of hydrogen-bond donors (Lipinski definition) is 2. The lowest BCUT2D eigenvalue weighted by Gasteiger charge is -2.22. The summed E-state index contributed by atoms with van der Waals surface area (Å²) >= 11 is 5.48. The Morgan fingerprint density at radius 2 is 2.08 bits per heavy atom. The molecule has 1 aromatic rings. The van der Waals surface area contributed by atoms with Gasteiger partial charge >= 0.3 is 0 Å². The smallest absolute Gasteiger partial charge is 0.287 e. The maximum absolute atomic E-state index is 12.5. The quantitative estimate of drug-likeness (QED) is 0.436. The monoisotopic (exact) mass is 387 g/mol. The number of sulfonamides is 1. The zero-order valence-electron chi connectivity index (χ0n) is 14.2. The molecule has 0 spiro atoms. The Hall–Kier alpha value is -1.80. The van der Waals surface area contributed by atoms with E-state index >= 15 is 0 Å². The summed E-state index contributed by atoms with van der Waals surface area (Å²) < 4.78 is 28.6. The third-order valence-electron chi connectivity index (χ3n) is 3.98. The molecule has 7 nitrogen and oxygen atoms in total. The average molecular weight is 388 g/mol. The number of fused-ring (bicyclic) bond motifs is 1. The van der Waals surface area contributed by atoms with Crippen molar-refractivity contribution in [2.24, 2.45) is 4.40 Å². The van der Waals surface area contributed by atoms with Crippen LogP contribution in [-0.2, 0) is 34.2 Å². The van der Waals surface area contributed by atoms with Crippen LogP contribution >= 0.6 is 11.6 Å². The second kappa shape index (κ2) is 8.05. The van der Waals surface area contributed by atoms with Gasteiger partial charge < -0.3 is 15.3 Å². The molecular weight excluding hydrogens is 366 g/mol. The number of halogens is 1. The first-order valence-corrected chi connectivity index (χ1v) is 9.90. The summed E-state index contributed by atoms with van der Waals surface area (Å²) in [4.78, 5) is 12.7. The Balaban J connectivity index is 2.53. The van der Waals surface area contributed by atoms with Crippen LogP contribution in [0.25, 0.3) is 0 Å². The minimum Gasteiger partial charge on any atom is -0.506 e. The summed E-state index contributed by atoms with van der Waals surface area (Å²) in [5.74, 6) is -0.940. The molecule has 0 unspecified atom stereocenters. The number of alkyl halides is 1. The van der Waals surface area contributed by atoms with Crippen LogP contribution < -0.4 is 5.32 Å². The van der Waals surface area contributed by atoms with Crippen molar-refractivity contribution in [1.82, 2.24) is 10.2 Å². The van der Waals surface area contributed by atoms with Crippen molar-refractivity contribution in [2.45, 2.75) is 37.1 Å². The molecule has 25 heavy (non-hydrogen) atoms. The molecule has 1 aromatic carbocycles. The molecule has 0 saturated carbocycles. The Kier molecular flexibility index (Phi) is 6.29.